The predicted octanol–water partition coefficient (Wildman–Crippen LogP) is 3.70. The zero-order valence-electron chi connectivity index (χ0n) is 9.62. The summed E-state index contributed by atoms with van der Waals surface area (Å²) in [6, 6.07) is 4.91. The molecule has 1 aromatic carbocycles. The van der Waals surface area contributed by atoms with Crippen LogP contribution in [0.15, 0.2) is 28.1 Å². The summed E-state index contributed by atoms with van der Waals surface area (Å²) < 4.78 is 14.6. The summed E-state index contributed by atoms with van der Waals surface area (Å²) in [6.45, 7) is 0.622. The Kier molecular flexibility index (Phi) is 3.00. The Bertz CT molecular complexity index is 592. The first kappa shape index (κ1) is 12.3. The first-order chi connectivity index (χ1) is 8.64. The van der Waals surface area contributed by atoms with Gasteiger partial charge in [0.05, 0.1) is 5.69 Å². The van der Waals surface area contributed by atoms with Crippen molar-refractivity contribution >= 4 is 27.3 Å². The molecule has 0 unspecified atom stereocenters. The van der Waals surface area contributed by atoms with Crippen LogP contribution in [-0.4, -0.2) is 11.5 Å². The van der Waals surface area contributed by atoms with Gasteiger partial charge in [0.15, 0.2) is 0 Å². The molecule has 1 aromatic heterocycles. The van der Waals surface area contributed by atoms with Gasteiger partial charge in [-0.25, -0.2) is 9.37 Å². The molecule has 0 radical (unpaired) electrons. The Balaban J connectivity index is 2.00. The van der Waals surface area contributed by atoms with E-state index in [1.165, 1.54) is 17.4 Å². The van der Waals surface area contributed by atoms with Crippen LogP contribution in [-0.2, 0) is 5.41 Å². The summed E-state index contributed by atoms with van der Waals surface area (Å²) in [5.74, 6) is -0.239. The van der Waals surface area contributed by atoms with Gasteiger partial charge in [0, 0.05) is 27.4 Å². The predicted molar refractivity (Wildman–Crippen MR) is 75.2 cm³/mol. The van der Waals surface area contributed by atoms with E-state index in [9.17, 15) is 4.39 Å². The summed E-state index contributed by atoms with van der Waals surface area (Å²) in [7, 11) is 0. The Morgan fingerprint density at radius 1 is 1.44 bits per heavy atom. The Morgan fingerprint density at radius 2 is 2.22 bits per heavy atom. The fourth-order valence-electron chi connectivity index (χ4n) is 2.02. The van der Waals surface area contributed by atoms with E-state index in [1.807, 2.05) is 5.38 Å². The van der Waals surface area contributed by atoms with Gasteiger partial charge in [0.1, 0.15) is 10.8 Å². The third-order valence-electron chi connectivity index (χ3n) is 3.45. The fraction of sp³-hybridized carbons (Fsp3) is 0.308. The van der Waals surface area contributed by atoms with Gasteiger partial charge in [0.2, 0.25) is 0 Å². The first-order valence-corrected chi connectivity index (χ1v) is 7.43. The molecule has 18 heavy (non-hydrogen) atoms. The molecule has 2 N–H and O–H groups in total. The molecule has 94 valence electrons. The molecule has 0 aliphatic heterocycles. The lowest BCUT2D eigenvalue weighted by atomic mass is 10.0. The Labute approximate surface area is 117 Å². The summed E-state index contributed by atoms with van der Waals surface area (Å²) in [5.41, 5.74) is 7.42. The molecular formula is C13H12BrFN2S. The topological polar surface area (TPSA) is 38.9 Å². The molecular weight excluding hydrogens is 315 g/mol. The van der Waals surface area contributed by atoms with E-state index in [2.05, 4.69) is 20.9 Å². The van der Waals surface area contributed by atoms with Crippen molar-refractivity contribution in [1.29, 1.82) is 0 Å². The van der Waals surface area contributed by atoms with Crippen molar-refractivity contribution < 1.29 is 4.39 Å². The van der Waals surface area contributed by atoms with Crippen molar-refractivity contribution in [1.82, 2.24) is 4.98 Å². The van der Waals surface area contributed by atoms with Crippen LogP contribution in [0.25, 0.3) is 10.6 Å². The maximum atomic E-state index is 13.8. The van der Waals surface area contributed by atoms with E-state index in [-0.39, 0.29) is 11.2 Å². The molecule has 0 bridgehead atoms. The van der Waals surface area contributed by atoms with E-state index in [0.717, 1.165) is 28.0 Å². The van der Waals surface area contributed by atoms with E-state index in [4.69, 9.17) is 5.73 Å². The number of thiazole rings is 1. The van der Waals surface area contributed by atoms with Crippen molar-refractivity contribution in [2.75, 3.05) is 6.54 Å². The van der Waals surface area contributed by atoms with Crippen molar-refractivity contribution in [3.8, 4) is 10.6 Å². The maximum absolute atomic E-state index is 13.8. The molecule has 1 heterocycles. The number of nitrogens with zero attached hydrogens (tertiary/aromatic N) is 1. The molecule has 2 aromatic rings. The first-order valence-electron chi connectivity index (χ1n) is 5.76. The molecule has 1 fully saturated rings. The van der Waals surface area contributed by atoms with Gasteiger partial charge in [-0.05, 0) is 31.0 Å². The van der Waals surface area contributed by atoms with E-state index < -0.39 is 0 Å². The third-order valence-corrected chi connectivity index (χ3v) is 4.82. The molecule has 1 aliphatic rings. The normalized spacial score (nSPS) is 16.8. The Hall–Kier alpha value is -0.780. The quantitative estimate of drug-likeness (QED) is 0.933. The van der Waals surface area contributed by atoms with E-state index >= 15 is 0 Å². The van der Waals surface area contributed by atoms with Gasteiger partial charge in [0.25, 0.3) is 0 Å². The molecule has 0 atom stereocenters. The van der Waals surface area contributed by atoms with Crippen molar-refractivity contribution in [3.05, 3.63) is 39.6 Å². The van der Waals surface area contributed by atoms with Crippen LogP contribution in [0.1, 0.15) is 18.5 Å². The molecule has 5 heteroatoms. The van der Waals surface area contributed by atoms with Gasteiger partial charge in [-0.1, -0.05) is 15.9 Å². The average Bonchev–Trinajstić information content (AvgIpc) is 3.02. The average molecular weight is 327 g/mol. The zero-order valence-corrected chi connectivity index (χ0v) is 12.0. The molecule has 1 aliphatic carbocycles. The summed E-state index contributed by atoms with van der Waals surface area (Å²) in [6.07, 6.45) is 2.18. The van der Waals surface area contributed by atoms with Crippen LogP contribution in [0.2, 0.25) is 0 Å². The van der Waals surface area contributed by atoms with Crippen molar-refractivity contribution in [2.24, 2.45) is 5.73 Å². The third kappa shape index (κ3) is 2.00. The molecule has 0 amide bonds. The van der Waals surface area contributed by atoms with Crippen LogP contribution in [0.3, 0.4) is 0 Å². The molecule has 0 saturated heterocycles. The highest BCUT2D eigenvalue weighted by Crippen LogP contribution is 2.48. The van der Waals surface area contributed by atoms with Crippen LogP contribution < -0.4 is 5.73 Å². The molecule has 2 nitrogen and oxygen atoms in total. The van der Waals surface area contributed by atoms with E-state index in [1.54, 1.807) is 12.1 Å². The number of benzene rings is 1. The molecule has 0 spiro atoms. The number of halogens is 2. The van der Waals surface area contributed by atoms with Gasteiger partial charge in [-0.3, -0.25) is 0 Å². The fourth-order valence-corrected chi connectivity index (χ4v) is 3.34. The van der Waals surface area contributed by atoms with Crippen LogP contribution in [0, 0.1) is 5.82 Å². The van der Waals surface area contributed by atoms with Gasteiger partial charge < -0.3 is 5.73 Å². The van der Waals surface area contributed by atoms with Crippen LogP contribution >= 0.6 is 27.3 Å². The van der Waals surface area contributed by atoms with E-state index in [0.29, 0.717) is 12.1 Å². The standard InChI is InChI=1S/C13H12BrFN2S/c14-8-1-2-10(15)9(5-8)12-17-11(6-18-12)13(7-16)3-4-13/h1-2,5-6H,3-4,7,16H2. The Morgan fingerprint density at radius 3 is 2.89 bits per heavy atom. The lowest BCUT2D eigenvalue weighted by Crippen LogP contribution is -2.19. The number of hydrogen-bond acceptors (Lipinski definition) is 3. The second-order valence-electron chi connectivity index (χ2n) is 4.65. The minimum absolute atomic E-state index is 0.0667. The molecule has 3 rings (SSSR count). The van der Waals surface area contributed by atoms with Gasteiger partial charge in [-0.2, -0.15) is 0 Å². The minimum Gasteiger partial charge on any atom is -0.330 e. The molecule has 1 saturated carbocycles. The second kappa shape index (κ2) is 4.40. The zero-order chi connectivity index (χ0) is 12.8. The number of nitrogens with two attached hydrogens (primary N) is 1. The maximum Gasteiger partial charge on any atom is 0.133 e. The van der Waals surface area contributed by atoms with Crippen LogP contribution in [0.5, 0.6) is 0 Å². The summed E-state index contributed by atoms with van der Waals surface area (Å²) >= 11 is 4.84. The summed E-state index contributed by atoms with van der Waals surface area (Å²) in [5, 5.41) is 2.73. The van der Waals surface area contributed by atoms with Gasteiger partial charge >= 0.3 is 0 Å². The van der Waals surface area contributed by atoms with Gasteiger partial charge in [-0.15, -0.1) is 11.3 Å². The van der Waals surface area contributed by atoms with Crippen molar-refractivity contribution in [2.45, 2.75) is 18.3 Å². The lowest BCUT2D eigenvalue weighted by Gasteiger charge is -2.07. The number of aromatic nitrogens is 1. The monoisotopic (exact) mass is 326 g/mol. The summed E-state index contributed by atoms with van der Waals surface area (Å²) in [4.78, 5) is 4.57. The lowest BCUT2D eigenvalue weighted by molar-refractivity contribution is 0.630. The second-order valence-corrected chi connectivity index (χ2v) is 6.42. The van der Waals surface area contributed by atoms with Crippen molar-refractivity contribution in [3.63, 3.8) is 0 Å². The highest BCUT2D eigenvalue weighted by molar-refractivity contribution is 9.10. The largest absolute Gasteiger partial charge is 0.330 e. The number of rotatable bonds is 3. The minimum atomic E-state index is -0.239. The van der Waals surface area contributed by atoms with Crippen LogP contribution in [0.4, 0.5) is 4.39 Å². The number of hydrogen-bond donors (Lipinski definition) is 1. The smallest absolute Gasteiger partial charge is 0.133 e. The highest BCUT2D eigenvalue weighted by Gasteiger charge is 2.44. The SMILES string of the molecule is NCC1(c2csc(-c3cc(Br)ccc3F)n2)CC1. The highest BCUT2D eigenvalue weighted by atomic mass is 79.9.